The van der Waals surface area contributed by atoms with E-state index in [1.165, 1.54) is 5.56 Å². The highest BCUT2D eigenvalue weighted by Gasteiger charge is 2.39. The maximum absolute atomic E-state index is 12.9. The fraction of sp³-hybridized carbons (Fsp3) is 0.286. The summed E-state index contributed by atoms with van der Waals surface area (Å²) in [4.78, 5) is 40.6. The Kier molecular flexibility index (Phi) is 3.68. The average molecular weight is 348 g/mol. The van der Waals surface area contributed by atoms with Crippen LogP contribution in [0.4, 0.5) is 0 Å². The summed E-state index contributed by atoms with van der Waals surface area (Å²) in [5.41, 5.74) is 2.92. The van der Waals surface area contributed by atoms with Gasteiger partial charge in [0.05, 0.1) is 11.1 Å². The first-order chi connectivity index (χ1) is 12.4. The Hall–Kier alpha value is -2.95. The van der Waals surface area contributed by atoms with Crippen molar-refractivity contribution in [1.29, 1.82) is 0 Å². The maximum Gasteiger partial charge on any atom is 0.262 e. The second kappa shape index (κ2) is 5.80. The van der Waals surface area contributed by atoms with E-state index in [1.807, 2.05) is 18.2 Å². The molecule has 2 aromatic carbocycles. The third kappa shape index (κ3) is 2.51. The zero-order chi connectivity index (χ0) is 18.5. The minimum atomic E-state index is -0.393. The van der Waals surface area contributed by atoms with Crippen molar-refractivity contribution < 1.29 is 14.4 Å². The number of hydrogen-bond donors (Lipinski definition) is 0. The molecular weight excluding hydrogens is 328 g/mol. The van der Waals surface area contributed by atoms with Gasteiger partial charge in [-0.25, -0.2) is 0 Å². The lowest BCUT2D eigenvalue weighted by Gasteiger charge is -2.40. The fourth-order valence-electron chi connectivity index (χ4n) is 3.94. The van der Waals surface area contributed by atoms with Crippen molar-refractivity contribution in [2.75, 3.05) is 13.1 Å². The molecule has 2 heterocycles. The van der Waals surface area contributed by atoms with Gasteiger partial charge in [-0.3, -0.25) is 19.3 Å². The van der Waals surface area contributed by atoms with Crippen LogP contribution in [0.2, 0.25) is 0 Å². The van der Waals surface area contributed by atoms with Crippen LogP contribution in [-0.2, 0) is 16.8 Å². The second-order valence-corrected chi connectivity index (χ2v) is 7.53. The van der Waals surface area contributed by atoms with Crippen molar-refractivity contribution in [1.82, 2.24) is 9.80 Å². The van der Waals surface area contributed by atoms with Crippen LogP contribution in [0.15, 0.2) is 48.5 Å². The number of imide groups is 1. The van der Waals surface area contributed by atoms with Crippen LogP contribution in [-0.4, -0.2) is 40.6 Å². The molecule has 0 bridgehead atoms. The Morgan fingerprint density at radius 2 is 1.54 bits per heavy atom. The lowest BCUT2D eigenvalue weighted by molar-refractivity contribution is -0.133. The fourth-order valence-corrected chi connectivity index (χ4v) is 3.94. The van der Waals surface area contributed by atoms with Crippen LogP contribution >= 0.6 is 0 Å². The first kappa shape index (κ1) is 16.5. The smallest absolute Gasteiger partial charge is 0.262 e. The standard InChI is InChI=1S/C21H20N2O3/c1-21(2)13-22(11-14-7-3-6-10-17(14)21)18(24)12-23-19(25)15-8-4-5-9-16(15)20(23)26/h3-10H,11-13H2,1-2H3. The average Bonchev–Trinajstić information content (AvgIpc) is 2.86. The molecule has 4 rings (SSSR count). The predicted molar refractivity (Wildman–Crippen MR) is 96.7 cm³/mol. The van der Waals surface area contributed by atoms with Crippen LogP contribution in [0.25, 0.3) is 0 Å². The number of fused-ring (bicyclic) bond motifs is 2. The molecule has 0 fully saturated rings. The molecule has 0 saturated carbocycles. The van der Waals surface area contributed by atoms with Gasteiger partial charge >= 0.3 is 0 Å². The number of rotatable bonds is 2. The van der Waals surface area contributed by atoms with Gasteiger partial charge in [-0.05, 0) is 23.3 Å². The van der Waals surface area contributed by atoms with E-state index in [0.717, 1.165) is 10.5 Å². The van der Waals surface area contributed by atoms with Gasteiger partial charge in [0.1, 0.15) is 6.54 Å². The second-order valence-electron chi connectivity index (χ2n) is 7.53. The van der Waals surface area contributed by atoms with Crippen molar-refractivity contribution in [2.45, 2.75) is 25.8 Å². The number of benzene rings is 2. The van der Waals surface area contributed by atoms with Gasteiger partial charge in [-0.15, -0.1) is 0 Å². The molecule has 0 aromatic heterocycles. The summed E-state index contributed by atoms with van der Waals surface area (Å²) in [5.74, 6) is -0.992. The lowest BCUT2D eigenvalue weighted by Crippen LogP contribution is -2.49. The summed E-state index contributed by atoms with van der Waals surface area (Å²) in [6.07, 6.45) is 0. The molecule has 5 nitrogen and oxygen atoms in total. The third-order valence-electron chi connectivity index (χ3n) is 5.22. The van der Waals surface area contributed by atoms with Gasteiger partial charge in [-0.1, -0.05) is 50.2 Å². The molecule has 2 aliphatic rings. The molecule has 0 radical (unpaired) electrons. The number of carbonyl (C=O) groups excluding carboxylic acids is 3. The van der Waals surface area contributed by atoms with Crippen molar-refractivity contribution in [2.24, 2.45) is 0 Å². The molecule has 0 saturated heterocycles. The Bertz CT molecular complexity index is 897. The number of amides is 3. The van der Waals surface area contributed by atoms with Gasteiger partial charge in [0.15, 0.2) is 0 Å². The van der Waals surface area contributed by atoms with Crippen LogP contribution in [0, 0.1) is 0 Å². The molecule has 0 unspecified atom stereocenters. The van der Waals surface area contributed by atoms with Crippen molar-refractivity contribution in [3.05, 3.63) is 70.8 Å². The van der Waals surface area contributed by atoms with E-state index >= 15 is 0 Å². The molecule has 26 heavy (non-hydrogen) atoms. The van der Waals surface area contributed by atoms with Crippen molar-refractivity contribution in [3.8, 4) is 0 Å². The summed E-state index contributed by atoms with van der Waals surface area (Å²) in [7, 11) is 0. The maximum atomic E-state index is 12.9. The molecule has 2 aromatic rings. The first-order valence-corrected chi connectivity index (χ1v) is 8.70. The monoisotopic (exact) mass is 348 g/mol. The summed E-state index contributed by atoms with van der Waals surface area (Å²) in [6.45, 7) is 5.05. The first-order valence-electron chi connectivity index (χ1n) is 8.70. The zero-order valence-corrected chi connectivity index (χ0v) is 14.9. The largest absolute Gasteiger partial charge is 0.336 e. The third-order valence-corrected chi connectivity index (χ3v) is 5.22. The summed E-state index contributed by atoms with van der Waals surface area (Å²) >= 11 is 0. The predicted octanol–water partition coefficient (Wildman–Crippen LogP) is 2.60. The lowest BCUT2D eigenvalue weighted by atomic mass is 9.78. The number of nitrogens with zero attached hydrogens (tertiary/aromatic N) is 2. The van der Waals surface area contributed by atoms with E-state index in [9.17, 15) is 14.4 Å². The van der Waals surface area contributed by atoms with Gasteiger partial charge < -0.3 is 4.90 Å². The van der Waals surface area contributed by atoms with E-state index < -0.39 is 11.8 Å². The zero-order valence-electron chi connectivity index (χ0n) is 14.9. The molecule has 132 valence electrons. The highest BCUT2D eigenvalue weighted by atomic mass is 16.2. The Balaban J connectivity index is 1.55. The SMILES string of the molecule is CC1(C)CN(C(=O)CN2C(=O)c3ccccc3C2=O)Cc2ccccc21. The highest BCUT2D eigenvalue weighted by Crippen LogP contribution is 2.33. The van der Waals surface area contributed by atoms with Crippen molar-refractivity contribution >= 4 is 17.7 Å². The van der Waals surface area contributed by atoms with E-state index in [1.54, 1.807) is 29.2 Å². The summed E-state index contributed by atoms with van der Waals surface area (Å²) < 4.78 is 0. The Morgan fingerprint density at radius 1 is 0.962 bits per heavy atom. The van der Waals surface area contributed by atoms with Crippen LogP contribution in [0.3, 0.4) is 0 Å². The number of hydrogen-bond acceptors (Lipinski definition) is 3. The Labute approximate surface area is 152 Å². The van der Waals surface area contributed by atoms with Crippen LogP contribution in [0.5, 0.6) is 0 Å². The normalized spacial score (nSPS) is 17.9. The molecule has 2 aliphatic heterocycles. The van der Waals surface area contributed by atoms with Crippen LogP contribution < -0.4 is 0 Å². The minimum Gasteiger partial charge on any atom is -0.336 e. The molecule has 0 aliphatic carbocycles. The molecule has 0 atom stereocenters. The number of carbonyl (C=O) groups is 3. The molecule has 0 spiro atoms. The van der Waals surface area contributed by atoms with Gasteiger partial charge in [-0.2, -0.15) is 0 Å². The van der Waals surface area contributed by atoms with E-state index in [-0.39, 0.29) is 17.9 Å². The minimum absolute atomic E-state index is 0.174. The highest BCUT2D eigenvalue weighted by molar-refractivity contribution is 6.22. The summed E-state index contributed by atoms with van der Waals surface area (Å²) in [6, 6.07) is 14.8. The Morgan fingerprint density at radius 3 is 2.19 bits per heavy atom. The van der Waals surface area contributed by atoms with E-state index in [0.29, 0.717) is 24.2 Å². The van der Waals surface area contributed by atoms with E-state index in [4.69, 9.17) is 0 Å². The van der Waals surface area contributed by atoms with Gasteiger partial charge in [0.2, 0.25) is 5.91 Å². The summed E-state index contributed by atoms with van der Waals surface area (Å²) in [5, 5.41) is 0. The molecular formula is C21H20N2O3. The van der Waals surface area contributed by atoms with Crippen molar-refractivity contribution in [3.63, 3.8) is 0 Å². The van der Waals surface area contributed by atoms with Gasteiger partial charge in [0, 0.05) is 18.5 Å². The molecule has 3 amide bonds. The topological polar surface area (TPSA) is 57.7 Å². The van der Waals surface area contributed by atoms with Gasteiger partial charge in [0.25, 0.3) is 11.8 Å². The molecule has 5 heteroatoms. The van der Waals surface area contributed by atoms with Crippen LogP contribution in [0.1, 0.15) is 45.7 Å². The van der Waals surface area contributed by atoms with E-state index in [2.05, 4.69) is 19.9 Å². The quantitative estimate of drug-likeness (QED) is 0.784. The molecule has 0 N–H and O–H groups in total.